The molecule has 0 aliphatic rings. The Bertz CT molecular complexity index is 586. The number of hydrogen-bond donors (Lipinski definition) is 1. The summed E-state index contributed by atoms with van der Waals surface area (Å²) < 4.78 is 26.0. The first-order chi connectivity index (χ1) is 9.20. The molecule has 0 unspecified atom stereocenters. The van der Waals surface area contributed by atoms with Gasteiger partial charge in [0.25, 0.3) is 0 Å². The Kier molecular flexibility index (Phi) is 4.21. The van der Waals surface area contributed by atoms with Gasteiger partial charge in [-0.05, 0) is 17.7 Å². The minimum Gasteiger partial charge on any atom is -0.306 e. The number of alkyl halides is 2. The Labute approximate surface area is 109 Å². The van der Waals surface area contributed by atoms with E-state index >= 15 is 0 Å². The molecule has 0 radical (unpaired) electrons. The van der Waals surface area contributed by atoms with E-state index in [4.69, 9.17) is 5.26 Å². The van der Waals surface area contributed by atoms with Crippen LogP contribution in [0.2, 0.25) is 0 Å². The monoisotopic (exact) mass is 262 g/mol. The molecule has 0 atom stereocenters. The topological polar surface area (TPSA) is 53.6 Å². The molecule has 98 valence electrons. The van der Waals surface area contributed by atoms with Gasteiger partial charge >= 0.3 is 6.55 Å². The summed E-state index contributed by atoms with van der Waals surface area (Å²) in [6.07, 6.45) is 2.59. The average Bonchev–Trinajstić information content (AvgIpc) is 2.87. The van der Waals surface area contributed by atoms with Gasteiger partial charge in [0.15, 0.2) is 0 Å². The summed E-state index contributed by atoms with van der Waals surface area (Å²) >= 11 is 0. The van der Waals surface area contributed by atoms with E-state index in [0.29, 0.717) is 12.1 Å². The smallest absolute Gasteiger partial charge is 0.306 e. The van der Waals surface area contributed by atoms with E-state index < -0.39 is 6.55 Å². The molecule has 4 nitrogen and oxygen atoms in total. The van der Waals surface area contributed by atoms with Crippen LogP contribution in [0.15, 0.2) is 36.7 Å². The van der Waals surface area contributed by atoms with Crippen LogP contribution in [0.25, 0.3) is 0 Å². The van der Waals surface area contributed by atoms with Gasteiger partial charge in [0, 0.05) is 18.9 Å². The van der Waals surface area contributed by atoms with Gasteiger partial charge in [-0.15, -0.1) is 0 Å². The van der Waals surface area contributed by atoms with Crippen molar-refractivity contribution in [3.05, 3.63) is 53.6 Å². The molecule has 1 aromatic heterocycles. The van der Waals surface area contributed by atoms with Gasteiger partial charge in [-0.3, -0.25) is 4.57 Å². The number of nitrogens with one attached hydrogen (secondary N) is 1. The van der Waals surface area contributed by atoms with Crippen molar-refractivity contribution in [1.82, 2.24) is 14.9 Å². The lowest BCUT2D eigenvalue weighted by atomic mass is 10.1. The third kappa shape index (κ3) is 3.36. The lowest BCUT2D eigenvalue weighted by molar-refractivity contribution is 0.0666. The van der Waals surface area contributed by atoms with Crippen LogP contribution in [0.4, 0.5) is 8.78 Å². The van der Waals surface area contributed by atoms with E-state index in [2.05, 4.69) is 16.4 Å². The number of benzene rings is 1. The van der Waals surface area contributed by atoms with E-state index in [1.54, 1.807) is 18.2 Å². The van der Waals surface area contributed by atoms with Crippen molar-refractivity contribution in [1.29, 1.82) is 5.26 Å². The number of halogens is 2. The maximum atomic E-state index is 12.6. The lowest BCUT2D eigenvalue weighted by Gasteiger charge is -2.08. The van der Waals surface area contributed by atoms with Gasteiger partial charge in [-0.1, -0.05) is 12.1 Å². The molecule has 1 aromatic carbocycles. The van der Waals surface area contributed by atoms with E-state index in [-0.39, 0.29) is 12.4 Å². The summed E-state index contributed by atoms with van der Waals surface area (Å²) in [7, 11) is 0. The van der Waals surface area contributed by atoms with Gasteiger partial charge in [0.1, 0.15) is 5.82 Å². The van der Waals surface area contributed by atoms with Crippen molar-refractivity contribution >= 4 is 0 Å². The summed E-state index contributed by atoms with van der Waals surface area (Å²) in [5.41, 5.74) is 1.50. The summed E-state index contributed by atoms with van der Waals surface area (Å²) in [6, 6.07) is 9.18. The van der Waals surface area contributed by atoms with Crippen molar-refractivity contribution in [2.24, 2.45) is 0 Å². The van der Waals surface area contributed by atoms with Crippen molar-refractivity contribution in [2.75, 3.05) is 0 Å². The molecule has 6 heteroatoms. The highest BCUT2D eigenvalue weighted by atomic mass is 19.3. The first kappa shape index (κ1) is 13.2. The molecule has 0 saturated carbocycles. The minimum absolute atomic E-state index is 0.244. The van der Waals surface area contributed by atoms with Crippen LogP contribution in [0.5, 0.6) is 0 Å². The number of nitrogens with zero attached hydrogens (tertiary/aromatic N) is 3. The van der Waals surface area contributed by atoms with Crippen LogP contribution >= 0.6 is 0 Å². The summed E-state index contributed by atoms with van der Waals surface area (Å²) in [4.78, 5) is 3.87. The zero-order chi connectivity index (χ0) is 13.7. The van der Waals surface area contributed by atoms with E-state index in [1.807, 2.05) is 6.07 Å². The zero-order valence-electron chi connectivity index (χ0n) is 10.1. The largest absolute Gasteiger partial charge is 0.319 e. The number of imidazole rings is 1. The van der Waals surface area contributed by atoms with E-state index in [9.17, 15) is 8.78 Å². The molecular weight excluding hydrogens is 250 g/mol. The fourth-order valence-electron chi connectivity index (χ4n) is 1.73. The lowest BCUT2D eigenvalue weighted by Crippen LogP contribution is -2.17. The van der Waals surface area contributed by atoms with Gasteiger partial charge in [-0.25, -0.2) is 4.98 Å². The van der Waals surface area contributed by atoms with Gasteiger partial charge < -0.3 is 5.32 Å². The molecule has 0 fully saturated rings. The predicted molar refractivity (Wildman–Crippen MR) is 65.2 cm³/mol. The van der Waals surface area contributed by atoms with Crippen molar-refractivity contribution in [2.45, 2.75) is 19.6 Å². The van der Waals surface area contributed by atoms with Crippen molar-refractivity contribution in [3.63, 3.8) is 0 Å². The average molecular weight is 262 g/mol. The fraction of sp³-hybridized carbons (Fsp3) is 0.231. The maximum Gasteiger partial charge on any atom is 0.319 e. The summed E-state index contributed by atoms with van der Waals surface area (Å²) in [5.74, 6) is 0.284. The molecule has 1 heterocycles. The number of rotatable bonds is 5. The standard InChI is InChI=1S/C13H12F2N4/c14-13(15)19-5-4-18-12(19)9-17-8-11-3-1-2-10(6-11)7-16/h1-6,13,17H,8-9H2. The molecule has 0 aliphatic carbocycles. The quantitative estimate of drug-likeness (QED) is 0.900. The Hall–Kier alpha value is -2.26. The van der Waals surface area contributed by atoms with Gasteiger partial charge in [-0.2, -0.15) is 14.0 Å². The van der Waals surface area contributed by atoms with E-state index in [1.165, 1.54) is 12.4 Å². The number of aromatic nitrogens is 2. The zero-order valence-corrected chi connectivity index (χ0v) is 10.1. The summed E-state index contributed by atoms with van der Waals surface area (Å²) in [5, 5.41) is 11.8. The highest BCUT2D eigenvalue weighted by Crippen LogP contribution is 2.12. The second kappa shape index (κ2) is 6.07. The molecule has 0 amide bonds. The normalized spacial score (nSPS) is 10.6. The molecule has 1 N–H and O–H groups in total. The third-order valence-corrected chi connectivity index (χ3v) is 2.63. The van der Waals surface area contributed by atoms with Crippen LogP contribution in [0, 0.1) is 11.3 Å². The molecule has 2 rings (SSSR count). The minimum atomic E-state index is -2.58. The second-order valence-electron chi connectivity index (χ2n) is 3.94. The highest BCUT2D eigenvalue weighted by molar-refractivity contribution is 5.32. The van der Waals surface area contributed by atoms with Crippen LogP contribution < -0.4 is 5.32 Å². The van der Waals surface area contributed by atoms with Crippen LogP contribution in [-0.2, 0) is 13.1 Å². The Balaban J connectivity index is 1.93. The van der Waals surface area contributed by atoms with Crippen molar-refractivity contribution in [3.8, 4) is 6.07 Å². The third-order valence-electron chi connectivity index (χ3n) is 2.63. The van der Waals surface area contributed by atoms with Crippen LogP contribution in [0.1, 0.15) is 23.5 Å². The van der Waals surface area contributed by atoms with E-state index in [0.717, 1.165) is 10.1 Å². The number of hydrogen-bond acceptors (Lipinski definition) is 3. The van der Waals surface area contributed by atoms with Gasteiger partial charge in [0.2, 0.25) is 0 Å². The first-order valence-electron chi connectivity index (χ1n) is 5.70. The molecule has 0 spiro atoms. The fourth-order valence-corrected chi connectivity index (χ4v) is 1.73. The molecule has 0 bridgehead atoms. The Morgan fingerprint density at radius 3 is 2.95 bits per heavy atom. The summed E-state index contributed by atoms with van der Waals surface area (Å²) in [6.45, 7) is -1.85. The molecule has 19 heavy (non-hydrogen) atoms. The molecule has 0 aliphatic heterocycles. The molecule has 0 saturated heterocycles. The highest BCUT2D eigenvalue weighted by Gasteiger charge is 2.10. The Morgan fingerprint density at radius 1 is 1.37 bits per heavy atom. The second-order valence-corrected chi connectivity index (χ2v) is 3.94. The Morgan fingerprint density at radius 2 is 2.21 bits per heavy atom. The SMILES string of the molecule is N#Cc1cccc(CNCc2nccn2C(F)F)c1. The van der Waals surface area contributed by atoms with Crippen LogP contribution in [0.3, 0.4) is 0 Å². The number of nitriles is 1. The van der Waals surface area contributed by atoms with Crippen molar-refractivity contribution < 1.29 is 8.78 Å². The van der Waals surface area contributed by atoms with Crippen LogP contribution in [-0.4, -0.2) is 9.55 Å². The maximum absolute atomic E-state index is 12.6. The van der Waals surface area contributed by atoms with Gasteiger partial charge in [0.05, 0.1) is 18.2 Å². The molecule has 2 aromatic rings. The first-order valence-corrected chi connectivity index (χ1v) is 5.70. The predicted octanol–water partition coefficient (Wildman–Crippen LogP) is 2.44. The molecular formula is C13H12F2N4.